The van der Waals surface area contributed by atoms with Crippen LogP contribution in [-0.4, -0.2) is 49.6 Å². The van der Waals surface area contributed by atoms with Crippen molar-refractivity contribution in [1.82, 2.24) is 9.80 Å². The second kappa shape index (κ2) is 10.6. The molecule has 1 saturated heterocycles. The van der Waals surface area contributed by atoms with Gasteiger partial charge in [0.15, 0.2) is 11.5 Å². The van der Waals surface area contributed by atoms with Crippen LogP contribution in [0.15, 0.2) is 60.7 Å². The van der Waals surface area contributed by atoms with Gasteiger partial charge in [-0.25, -0.2) is 0 Å². The molecule has 1 heterocycles. The third-order valence-electron chi connectivity index (χ3n) is 6.23. The fourth-order valence-corrected chi connectivity index (χ4v) is 4.44. The first-order valence-corrected chi connectivity index (χ1v) is 11.2. The van der Waals surface area contributed by atoms with Crippen LogP contribution in [0.2, 0.25) is 0 Å². The number of nitrogens with zero attached hydrogens (tertiary/aromatic N) is 2. The molecule has 0 amide bonds. The third-order valence-corrected chi connectivity index (χ3v) is 6.23. The van der Waals surface area contributed by atoms with Crippen LogP contribution < -0.4 is 9.47 Å². The monoisotopic (exact) mass is 406 g/mol. The van der Waals surface area contributed by atoms with Crippen molar-refractivity contribution in [3.63, 3.8) is 0 Å². The van der Waals surface area contributed by atoms with Gasteiger partial charge in [-0.05, 0) is 48.4 Å². The van der Waals surface area contributed by atoms with E-state index in [1.807, 2.05) is 24.3 Å². The summed E-state index contributed by atoms with van der Waals surface area (Å²) in [5.74, 6) is 2.47. The number of ether oxygens (including phenoxy) is 2. The summed E-state index contributed by atoms with van der Waals surface area (Å²) in [5, 5.41) is 0. The smallest absolute Gasteiger partial charge is 0.161 e. The van der Waals surface area contributed by atoms with Crippen molar-refractivity contribution in [2.75, 3.05) is 39.8 Å². The maximum absolute atomic E-state index is 6.09. The van der Waals surface area contributed by atoms with Gasteiger partial charge in [0.25, 0.3) is 0 Å². The van der Waals surface area contributed by atoms with Crippen molar-refractivity contribution in [3.05, 3.63) is 71.8 Å². The van der Waals surface area contributed by atoms with E-state index in [9.17, 15) is 0 Å². The molecule has 160 valence electrons. The molecule has 1 aliphatic carbocycles. The fourth-order valence-electron chi connectivity index (χ4n) is 4.44. The molecule has 0 N–H and O–H groups in total. The number of methoxy groups -OCH3 is 1. The summed E-state index contributed by atoms with van der Waals surface area (Å²) in [6, 6.07) is 16.6. The Morgan fingerprint density at radius 1 is 0.867 bits per heavy atom. The first-order valence-electron chi connectivity index (χ1n) is 11.2. The van der Waals surface area contributed by atoms with Gasteiger partial charge < -0.3 is 14.4 Å². The number of rotatable bonds is 8. The lowest BCUT2D eigenvalue weighted by Crippen LogP contribution is -2.47. The summed E-state index contributed by atoms with van der Waals surface area (Å²) in [7, 11) is 1.70. The van der Waals surface area contributed by atoms with E-state index in [-0.39, 0.29) is 0 Å². The first kappa shape index (κ1) is 21.0. The van der Waals surface area contributed by atoms with Gasteiger partial charge in [-0.1, -0.05) is 48.6 Å². The van der Waals surface area contributed by atoms with Gasteiger partial charge in [0.1, 0.15) is 6.61 Å². The molecule has 30 heavy (non-hydrogen) atoms. The minimum Gasteiger partial charge on any atom is -0.493 e. The average molecular weight is 407 g/mol. The molecule has 4 rings (SSSR count). The molecular formula is C26H34N2O2. The molecule has 0 aromatic heterocycles. The maximum atomic E-state index is 6.09. The molecule has 2 aromatic rings. The van der Waals surface area contributed by atoms with Crippen molar-refractivity contribution in [2.45, 2.75) is 32.4 Å². The van der Waals surface area contributed by atoms with Gasteiger partial charge in [-0.2, -0.15) is 0 Å². The molecule has 1 unspecified atom stereocenters. The summed E-state index contributed by atoms with van der Waals surface area (Å²) in [4.78, 5) is 5.21. The third kappa shape index (κ3) is 5.87. The number of benzene rings is 2. The van der Waals surface area contributed by atoms with E-state index in [1.54, 1.807) is 7.11 Å². The second-order valence-corrected chi connectivity index (χ2v) is 8.49. The average Bonchev–Trinajstić information content (AvgIpc) is 2.80. The molecule has 0 bridgehead atoms. The van der Waals surface area contributed by atoms with Gasteiger partial charge in [-0.15, -0.1) is 0 Å². The van der Waals surface area contributed by atoms with E-state index in [0.717, 1.165) is 42.6 Å². The van der Waals surface area contributed by atoms with Crippen LogP contribution in [0.5, 0.6) is 11.5 Å². The molecule has 0 saturated carbocycles. The summed E-state index contributed by atoms with van der Waals surface area (Å²) >= 11 is 0. The van der Waals surface area contributed by atoms with Crippen LogP contribution >= 0.6 is 0 Å². The Balaban J connectivity index is 1.29. The molecule has 2 aliphatic rings. The van der Waals surface area contributed by atoms with Crippen LogP contribution in [-0.2, 0) is 13.2 Å². The van der Waals surface area contributed by atoms with Crippen molar-refractivity contribution in [2.24, 2.45) is 5.92 Å². The van der Waals surface area contributed by atoms with Crippen molar-refractivity contribution in [1.29, 1.82) is 0 Å². The van der Waals surface area contributed by atoms with E-state index < -0.39 is 0 Å². The fraction of sp³-hybridized carbons (Fsp3) is 0.462. The standard InChI is InChI=1S/C26H34N2O2/c1-29-25-13-12-24(18-26(25)30-21-23-10-6-3-7-11-23)20-28-16-14-27(15-17-28)19-22-8-4-2-5-9-22/h2-4,6-7,10-13,18,22H,5,8-9,14-17,19-21H2,1H3. The molecule has 1 fully saturated rings. The van der Waals surface area contributed by atoms with Gasteiger partial charge in [0, 0.05) is 39.3 Å². The van der Waals surface area contributed by atoms with E-state index >= 15 is 0 Å². The Labute approximate surface area is 181 Å². The summed E-state index contributed by atoms with van der Waals surface area (Å²) in [6.07, 6.45) is 8.58. The van der Waals surface area contributed by atoms with Crippen molar-refractivity contribution < 1.29 is 9.47 Å². The SMILES string of the molecule is COc1ccc(CN2CCN(CC3CC=CCC3)CC2)cc1OCc1ccccc1. The number of hydrogen-bond acceptors (Lipinski definition) is 4. The normalized spacial score (nSPS) is 20.2. The highest BCUT2D eigenvalue weighted by Crippen LogP contribution is 2.29. The Bertz CT molecular complexity index is 813. The predicted molar refractivity (Wildman–Crippen MR) is 122 cm³/mol. The Hall–Kier alpha value is -2.30. The lowest BCUT2D eigenvalue weighted by atomic mass is 9.94. The minimum absolute atomic E-state index is 0.551. The van der Waals surface area contributed by atoms with Gasteiger partial charge in [0.05, 0.1) is 7.11 Å². The lowest BCUT2D eigenvalue weighted by molar-refractivity contribution is 0.111. The molecule has 0 spiro atoms. The zero-order valence-corrected chi connectivity index (χ0v) is 18.1. The van der Waals surface area contributed by atoms with Crippen LogP contribution in [0.25, 0.3) is 0 Å². The van der Waals surface area contributed by atoms with Gasteiger partial charge in [-0.3, -0.25) is 4.90 Å². The van der Waals surface area contributed by atoms with E-state index in [4.69, 9.17) is 9.47 Å². The molecule has 1 atom stereocenters. The highest BCUT2D eigenvalue weighted by Gasteiger charge is 2.20. The predicted octanol–water partition coefficient (Wildman–Crippen LogP) is 4.75. The highest BCUT2D eigenvalue weighted by molar-refractivity contribution is 5.43. The number of allylic oxidation sites excluding steroid dienone is 2. The molecule has 4 nitrogen and oxygen atoms in total. The molecule has 1 aliphatic heterocycles. The molecule has 0 radical (unpaired) electrons. The quantitative estimate of drug-likeness (QED) is 0.591. The molecular weight excluding hydrogens is 372 g/mol. The van der Waals surface area contributed by atoms with Crippen molar-refractivity contribution in [3.8, 4) is 11.5 Å². The van der Waals surface area contributed by atoms with Gasteiger partial charge >= 0.3 is 0 Å². The lowest BCUT2D eigenvalue weighted by Gasteiger charge is -2.36. The highest BCUT2D eigenvalue weighted by atomic mass is 16.5. The van der Waals surface area contributed by atoms with Crippen LogP contribution in [0.4, 0.5) is 0 Å². The summed E-state index contributed by atoms with van der Waals surface area (Å²) in [5.41, 5.74) is 2.44. The first-order chi connectivity index (χ1) is 14.8. The summed E-state index contributed by atoms with van der Waals surface area (Å²) < 4.78 is 11.6. The Morgan fingerprint density at radius 3 is 2.40 bits per heavy atom. The Kier molecular flexibility index (Phi) is 7.44. The minimum atomic E-state index is 0.551. The summed E-state index contributed by atoms with van der Waals surface area (Å²) in [6.45, 7) is 7.39. The maximum Gasteiger partial charge on any atom is 0.161 e. The van der Waals surface area contributed by atoms with E-state index in [2.05, 4.69) is 46.2 Å². The number of piperazine rings is 1. The van der Waals surface area contributed by atoms with E-state index in [0.29, 0.717) is 6.61 Å². The molecule has 4 heteroatoms. The Morgan fingerprint density at radius 2 is 1.67 bits per heavy atom. The van der Waals surface area contributed by atoms with Crippen molar-refractivity contribution >= 4 is 0 Å². The second-order valence-electron chi connectivity index (χ2n) is 8.49. The topological polar surface area (TPSA) is 24.9 Å². The van der Waals surface area contributed by atoms with Crippen LogP contribution in [0.1, 0.15) is 30.4 Å². The van der Waals surface area contributed by atoms with E-state index in [1.165, 1.54) is 44.5 Å². The van der Waals surface area contributed by atoms with Crippen LogP contribution in [0, 0.1) is 5.92 Å². The zero-order valence-electron chi connectivity index (χ0n) is 18.1. The molecule has 2 aromatic carbocycles. The van der Waals surface area contributed by atoms with Crippen LogP contribution in [0.3, 0.4) is 0 Å². The number of hydrogen-bond donors (Lipinski definition) is 0. The largest absolute Gasteiger partial charge is 0.493 e. The zero-order chi connectivity index (χ0) is 20.6. The van der Waals surface area contributed by atoms with Gasteiger partial charge in [0.2, 0.25) is 0 Å².